The van der Waals surface area contributed by atoms with Gasteiger partial charge in [0.2, 0.25) is 5.91 Å². The number of rotatable bonds is 6. The maximum Gasteiger partial charge on any atom is 0.224 e. The van der Waals surface area contributed by atoms with Crippen molar-refractivity contribution >= 4 is 11.6 Å². The summed E-state index contributed by atoms with van der Waals surface area (Å²) in [5.74, 6) is 0.848. The summed E-state index contributed by atoms with van der Waals surface area (Å²) in [6.07, 6.45) is 1.37. The topological polar surface area (TPSA) is 50.4 Å². The van der Waals surface area contributed by atoms with E-state index < -0.39 is 0 Å². The minimum absolute atomic E-state index is 0.0414. The van der Waals surface area contributed by atoms with Gasteiger partial charge >= 0.3 is 0 Å². The number of carbonyl (C=O) groups excluding carboxylic acids is 1. The Morgan fingerprint density at radius 2 is 1.84 bits per heavy atom. The van der Waals surface area contributed by atoms with E-state index in [0.717, 1.165) is 24.4 Å². The number of hydrogen-bond acceptors (Lipinski definition) is 3. The van der Waals surface area contributed by atoms with E-state index in [2.05, 4.69) is 10.6 Å². The summed E-state index contributed by atoms with van der Waals surface area (Å²) in [6.45, 7) is 6.87. The number of hydrogen-bond donors (Lipinski definition) is 2. The number of benzene rings is 1. The summed E-state index contributed by atoms with van der Waals surface area (Å²) in [5, 5.41) is 5.89. The summed E-state index contributed by atoms with van der Waals surface area (Å²) in [6, 6.07) is 7.46. The van der Waals surface area contributed by atoms with Gasteiger partial charge in [-0.2, -0.15) is 0 Å². The van der Waals surface area contributed by atoms with Crippen LogP contribution in [0.25, 0.3) is 0 Å². The maximum atomic E-state index is 11.6. The molecule has 1 aromatic carbocycles. The van der Waals surface area contributed by atoms with Crippen LogP contribution in [0.4, 0.5) is 5.69 Å². The molecule has 0 heterocycles. The van der Waals surface area contributed by atoms with Gasteiger partial charge in [-0.1, -0.05) is 0 Å². The van der Waals surface area contributed by atoms with Gasteiger partial charge in [0.05, 0.1) is 0 Å². The van der Waals surface area contributed by atoms with Crippen molar-refractivity contribution in [2.75, 3.05) is 18.9 Å². The first-order valence-corrected chi connectivity index (χ1v) is 6.64. The zero-order valence-electron chi connectivity index (χ0n) is 12.2. The molecule has 19 heavy (non-hydrogen) atoms. The second kappa shape index (κ2) is 7.14. The fraction of sp³-hybridized carbons (Fsp3) is 0.533. The van der Waals surface area contributed by atoms with Gasteiger partial charge in [-0.25, -0.2) is 0 Å². The zero-order chi connectivity index (χ0) is 14.3. The molecule has 0 saturated carbocycles. The van der Waals surface area contributed by atoms with E-state index in [1.165, 1.54) is 0 Å². The Labute approximate surface area is 115 Å². The average molecular weight is 264 g/mol. The van der Waals surface area contributed by atoms with Crippen LogP contribution in [-0.4, -0.2) is 25.1 Å². The van der Waals surface area contributed by atoms with Crippen molar-refractivity contribution in [3.8, 4) is 5.75 Å². The SMILES string of the molecule is CNCCCC(=O)Nc1ccc(OC(C)(C)C)cc1. The van der Waals surface area contributed by atoms with Crippen molar-refractivity contribution in [1.29, 1.82) is 0 Å². The third-order valence-electron chi connectivity index (χ3n) is 2.39. The molecule has 1 amide bonds. The predicted molar refractivity (Wildman–Crippen MR) is 78.6 cm³/mol. The average Bonchev–Trinajstić information content (AvgIpc) is 2.30. The summed E-state index contributed by atoms with van der Waals surface area (Å²) in [4.78, 5) is 11.6. The molecule has 0 unspecified atom stereocenters. The van der Waals surface area contributed by atoms with Gasteiger partial charge in [-0.15, -0.1) is 0 Å². The first-order valence-electron chi connectivity index (χ1n) is 6.64. The second-order valence-corrected chi connectivity index (χ2v) is 5.49. The van der Waals surface area contributed by atoms with E-state index in [0.29, 0.717) is 6.42 Å². The van der Waals surface area contributed by atoms with Gasteiger partial charge in [-0.05, 0) is 65.0 Å². The number of carbonyl (C=O) groups is 1. The van der Waals surface area contributed by atoms with Crippen LogP contribution in [0.15, 0.2) is 24.3 Å². The normalized spacial score (nSPS) is 11.2. The second-order valence-electron chi connectivity index (χ2n) is 5.49. The van der Waals surface area contributed by atoms with Crippen LogP contribution < -0.4 is 15.4 Å². The molecule has 106 valence electrons. The quantitative estimate of drug-likeness (QED) is 0.777. The number of ether oxygens (including phenoxy) is 1. The summed E-state index contributed by atoms with van der Waals surface area (Å²) >= 11 is 0. The molecule has 0 bridgehead atoms. The molecule has 0 aliphatic rings. The van der Waals surface area contributed by atoms with Gasteiger partial charge in [-0.3, -0.25) is 4.79 Å². The minimum atomic E-state index is -0.210. The highest BCUT2D eigenvalue weighted by Crippen LogP contribution is 2.20. The van der Waals surface area contributed by atoms with E-state index >= 15 is 0 Å². The van der Waals surface area contributed by atoms with Crippen LogP contribution >= 0.6 is 0 Å². The molecule has 1 aromatic rings. The molecule has 1 rings (SSSR count). The van der Waals surface area contributed by atoms with Crippen LogP contribution in [0.2, 0.25) is 0 Å². The Bertz CT molecular complexity index is 394. The minimum Gasteiger partial charge on any atom is -0.488 e. The molecule has 0 aromatic heterocycles. The van der Waals surface area contributed by atoms with Crippen molar-refractivity contribution in [2.24, 2.45) is 0 Å². The third kappa shape index (κ3) is 6.82. The summed E-state index contributed by atoms with van der Waals surface area (Å²) in [7, 11) is 1.88. The van der Waals surface area contributed by atoms with Gasteiger partial charge in [0.25, 0.3) is 0 Å². The lowest BCUT2D eigenvalue weighted by atomic mass is 10.2. The molecule has 0 aliphatic carbocycles. The number of anilines is 1. The number of nitrogens with one attached hydrogen (secondary N) is 2. The van der Waals surface area contributed by atoms with Gasteiger partial charge in [0.15, 0.2) is 0 Å². The molecule has 0 radical (unpaired) electrons. The fourth-order valence-electron chi connectivity index (χ4n) is 1.61. The first-order chi connectivity index (χ1) is 8.90. The van der Waals surface area contributed by atoms with E-state index in [-0.39, 0.29) is 11.5 Å². The summed E-state index contributed by atoms with van der Waals surface area (Å²) < 4.78 is 5.72. The molecule has 0 saturated heterocycles. The molecule has 0 spiro atoms. The van der Waals surface area contributed by atoms with Crippen molar-refractivity contribution in [3.63, 3.8) is 0 Å². The monoisotopic (exact) mass is 264 g/mol. The standard InChI is InChI=1S/C15H24N2O2/c1-15(2,3)19-13-9-7-12(8-10-13)17-14(18)6-5-11-16-4/h7-10,16H,5-6,11H2,1-4H3,(H,17,18). The van der Waals surface area contributed by atoms with E-state index in [1.807, 2.05) is 52.1 Å². The first kappa shape index (κ1) is 15.5. The van der Waals surface area contributed by atoms with Crippen LogP contribution in [0.5, 0.6) is 5.75 Å². The lowest BCUT2D eigenvalue weighted by Gasteiger charge is -2.21. The Morgan fingerprint density at radius 3 is 2.37 bits per heavy atom. The van der Waals surface area contributed by atoms with Crippen molar-refractivity contribution in [1.82, 2.24) is 5.32 Å². The highest BCUT2D eigenvalue weighted by atomic mass is 16.5. The highest BCUT2D eigenvalue weighted by molar-refractivity contribution is 5.90. The molecule has 2 N–H and O–H groups in total. The molecule has 4 nitrogen and oxygen atoms in total. The molecule has 4 heteroatoms. The zero-order valence-corrected chi connectivity index (χ0v) is 12.2. The van der Waals surface area contributed by atoms with Crippen molar-refractivity contribution in [3.05, 3.63) is 24.3 Å². The molecule has 0 fully saturated rings. The Kier molecular flexibility index (Phi) is 5.83. The molecule has 0 atom stereocenters. The van der Waals surface area contributed by atoms with E-state index in [9.17, 15) is 4.79 Å². The van der Waals surface area contributed by atoms with Gasteiger partial charge in [0, 0.05) is 12.1 Å². The number of amides is 1. The summed E-state index contributed by atoms with van der Waals surface area (Å²) in [5.41, 5.74) is 0.591. The van der Waals surface area contributed by atoms with Crippen LogP contribution in [-0.2, 0) is 4.79 Å². The van der Waals surface area contributed by atoms with Crippen LogP contribution in [0.1, 0.15) is 33.6 Å². The van der Waals surface area contributed by atoms with E-state index in [4.69, 9.17) is 4.74 Å². The largest absolute Gasteiger partial charge is 0.488 e. The molecular formula is C15H24N2O2. The van der Waals surface area contributed by atoms with E-state index in [1.54, 1.807) is 0 Å². The highest BCUT2D eigenvalue weighted by Gasteiger charge is 2.11. The lowest BCUT2D eigenvalue weighted by molar-refractivity contribution is -0.116. The Hall–Kier alpha value is -1.55. The smallest absolute Gasteiger partial charge is 0.224 e. The fourth-order valence-corrected chi connectivity index (χ4v) is 1.61. The lowest BCUT2D eigenvalue weighted by Crippen LogP contribution is -2.22. The Morgan fingerprint density at radius 1 is 1.21 bits per heavy atom. The van der Waals surface area contributed by atoms with Gasteiger partial charge < -0.3 is 15.4 Å². The van der Waals surface area contributed by atoms with Crippen molar-refractivity contribution < 1.29 is 9.53 Å². The third-order valence-corrected chi connectivity index (χ3v) is 2.39. The molecular weight excluding hydrogens is 240 g/mol. The van der Waals surface area contributed by atoms with Crippen molar-refractivity contribution in [2.45, 2.75) is 39.2 Å². The maximum absolute atomic E-state index is 11.6. The van der Waals surface area contributed by atoms with Crippen LogP contribution in [0.3, 0.4) is 0 Å². The van der Waals surface area contributed by atoms with Crippen LogP contribution in [0, 0.1) is 0 Å². The predicted octanol–water partition coefficient (Wildman–Crippen LogP) is 2.80. The Balaban J connectivity index is 2.46. The molecule has 0 aliphatic heterocycles. The van der Waals surface area contributed by atoms with Gasteiger partial charge in [0.1, 0.15) is 11.4 Å².